The van der Waals surface area contributed by atoms with Crippen molar-refractivity contribution in [1.29, 1.82) is 0 Å². The van der Waals surface area contributed by atoms with E-state index in [2.05, 4.69) is 15.6 Å². The molecule has 0 aliphatic rings. The van der Waals surface area contributed by atoms with Crippen LogP contribution in [-0.2, 0) is 27.9 Å². The summed E-state index contributed by atoms with van der Waals surface area (Å²) < 4.78 is 36.2. The molecule has 0 fully saturated rings. The zero-order valence-corrected chi connectivity index (χ0v) is 18.0. The molecule has 2 rings (SSSR count). The molecular weight excluding hydrogens is 409 g/mol. The summed E-state index contributed by atoms with van der Waals surface area (Å²) in [4.78, 5) is 17.8. The van der Waals surface area contributed by atoms with Crippen LogP contribution in [0, 0.1) is 12.7 Å². The zero-order chi connectivity index (χ0) is 22.3. The molecule has 2 aromatic rings. The average molecular weight is 436 g/mol. The van der Waals surface area contributed by atoms with Crippen molar-refractivity contribution in [3.8, 4) is 0 Å². The minimum Gasteiger partial charge on any atom is -0.352 e. The number of aryl methyl sites for hydroxylation is 1. The van der Waals surface area contributed by atoms with Crippen LogP contribution in [-0.4, -0.2) is 45.8 Å². The number of sulfonamides is 1. The molecule has 0 spiro atoms. The monoisotopic (exact) mass is 435 g/mol. The Kier molecular flexibility index (Phi) is 7.90. The van der Waals surface area contributed by atoms with E-state index < -0.39 is 10.0 Å². The molecule has 0 saturated heterocycles. The van der Waals surface area contributed by atoms with E-state index in [0.717, 1.165) is 11.1 Å². The highest BCUT2D eigenvalue weighted by molar-refractivity contribution is 7.89. The van der Waals surface area contributed by atoms with Crippen molar-refractivity contribution in [1.82, 2.24) is 15.5 Å². The summed E-state index contributed by atoms with van der Waals surface area (Å²) in [5, 5.41) is 11.2. The van der Waals surface area contributed by atoms with Crippen molar-refractivity contribution in [3.05, 3.63) is 65.0 Å². The number of nitrogens with zero attached hydrogens (tertiary/aromatic N) is 2. The van der Waals surface area contributed by atoms with Crippen molar-refractivity contribution >= 4 is 21.9 Å². The summed E-state index contributed by atoms with van der Waals surface area (Å²) in [5.74, 6) is -0.0129. The van der Waals surface area contributed by atoms with Gasteiger partial charge in [0.15, 0.2) is 5.96 Å². The summed E-state index contributed by atoms with van der Waals surface area (Å²) >= 11 is 0. The number of benzene rings is 2. The number of nitrogens with two attached hydrogens (primary N) is 1. The first kappa shape index (κ1) is 23.3. The Morgan fingerprint density at radius 3 is 2.30 bits per heavy atom. The highest BCUT2D eigenvalue weighted by Gasteiger charge is 2.09. The van der Waals surface area contributed by atoms with Crippen LogP contribution in [0.15, 0.2) is 52.4 Å². The summed E-state index contributed by atoms with van der Waals surface area (Å²) in [5.41, 5.74) is 2.16. The van der Waals surface area contributed by atoms with Crippen LogP contribution < -0.4 is 15.8 Å². The molecule has 0 atom stereocenters. The van der Waals surface area contributed by atoms with Crippen LogP contribution in [0.5, 0.6) is 0 Å². The Labute approximate surface area is 176 Å². The molecule has 2 aromatic carbocycles. The number of nitrogens with one attached hydrogen (secondary N) is 2. The molecule has 0 unspecified atom stereocenters. The highest BCUT2D eigenvalue weighted by Crippen LogP contribution is 2.10. The minimum atomic E-state index is -3.75. The van der Waals surface area contributed by atoms with E-state index in [1.54, 1.807) is 45.3 Å². The molecular formula is C20H26FN5O3S. The van der Waals surface area contributed by atoms with Crippen molar-refractivity contribution in [2.24, 2.45) is 10.1 Å². The number of halogens is 1. The molecule has 0 heterocycles. The van der Waals surface area contributed by atoms with Gasteiger partial charge in [-0.3, -0.25) is 4.79 Å². The predicted molar refractivity (Wildman–Crippen MR) is 114 cm³/mol. The van der Waals surface area contributed by atoms with Gasteiger partial charge in [-0.25, -0.2) is 22.9 Å². The molecule has 162 valence electrons. The Bertz CT molecular complexity index is 1020. The largest absolute Gasteiger partial charge is 0.352 e. The summed E-state index contributed by atoms with van der Waals surface area (Å²) in [6.07, 6.45) is 0. The summed E-state index contributed by atoms with van der Waals surface area (Å²) in [7, 11) is -0.438. The fourth-order valence-corrected chi connectivity index (χ4v) is 2.97. The van der Waals surface area contributed by atoms with Crippen LogP contribution in [0.3, 0.4) is 0 Å². The van der Waals surface area contributed by atoms with E-state index in [4.69, 9.17) is 5.14 Å². The highest BCUT2D eigenvalue weighted by atomic mass is 32.2. The normalized spacial score (nSPS) is 11.8. The molecule has 0 aliphatic carbocycles. The second-order valence-electron chi connectivity index (χ2n) is 6.93. The maximum atomic E-state index is 13.4. The molecule has 0 radical (unpaired) electrons. The Morgan fingerprint density at radius 2 is 1.73 bits per heavy atom. The van der Waals surface area contributed by atoms with Gasteiger partial charge in [0.2, 0.25) is 15.9 Å². The number of guanidine groups is 1. The van der Waals surface area contributed by atoms with Gasteiger partial charge in [-0.05, 0) is 41.8 Å². The topological polar surface area (TPSA) is 117 Å². The Hall–Kier alpha value is -2.98. The molecule has 0 bridgehead atoms. The van der Waals surface area contributed by atoms with Gasteiger partial charge in [-0.15, -0.1) is 0 Å². The lowest BCUT2D eigenvalue weighted by atomic mass is 10.1. The number of amides is 1. The quantitative estimate of drug-likeness (QED) is 0.445. The number of carbonyl (C=O) groups excluding carboxylic acids is 1. The van der Waals surface area contributed by atoms with Crippen LogP contribution in [0.2, 0.25) is 0 Å². The van der Waals surface area contributed by atoms with Gasteiger partial charge in [0.05, 0.1) is 18.0 Å². The van der Waals surface area contributed by atoms with E-state index in [1.165, 1.54) is 23.1 Å². The third-order valence-corrected chi connectivity index (χ3v) is 5.19. The van der Waals surface area contributed by atoms with E-state index in [-0.39, 0.29) is 29.7 Å². The molecule has 0 aromatic heterocycles. The SMILES string of the molecule is Cc1cc(CN=C(NCC(=O)N(C)C)NCc2ccc(S(N)(=O)=O)cc2)ccc1F. The fourth-order valence-electron chi connectivity index (χ4n) is 2.45. The fraction of sp³-hybridized carbons (Fsp3) is 0.300. The van der Waals surface area contributed by atoms with Gasteiger partial charge >= 0.3 is 0 Å². The zero-order valence-electron chi connectivity index (χ0n) is 17.1. The van der Waals surface area contributed by atoms with Gasteiger partial charge < -0.3 is 15.5 Å². The van der Waals surface area contributed by atoms with Crippen LogP contribution >= 0.6 is 0 Å². The van der Waals surface area contributed by atoms with E-state index >= 15 is 0 Å². The van der Waals surface area contributed by atoms with Crippen molar-refractivity contribution in [2.75, 3.05) is 20.6 Å². The van der Waals surface area contributed by atoms with Crippen molar-refractivity contribution in [2.45, 2.75) is 24.9 Å². The Balaban J connectivity index is 2.09. The third kappa shape index (κ3) is 7.12. The summed E-state index contributed by atoms with van der Waals surface area (Å²) in [6, 6.07) is 10.9. The lowest BCUT2D eigenvalue weighted by Crippen LogP contribution is -2.42. The van der Waals surface area contributed by atoms with E-state index in [9.17, 15) is 17.6 Å². The standard InChI is InChI=1S/C20H26FN5O3S/c1-14-10-16(6-9-18(14)21)12-24-20(25-13-19(27)26(2)3)23-11-15-4-7-17(8-5-15)30(22,28)29/h4-10H,11-13H2,1-3H3,(H2,22,28,29)(H2,23,24,25). The smallest absolute Gasteiger partial charge is 0.241 e. The van der Waals surface area contributed by atoms with Gasteiger partial charge in [-0.2, -0.15) is 0 Å². The maximum Gasteiger partial charge on any atom is 0.241 e. The number of hydrogen-bond acceptors (Lipinski definition) is 4. The third-order valence-electron chi connectivity index (χ3n) is 4.26. The summed E-state index contributed by atoms with van der Waals surface area (Å²) in [6.45, 7) is 2.36. The molecule has 0 aliphatic heterocycles. The molecule has 0 saturated carbocycles. The minimum absolute atomic E-state index is 0.0292. The number of rotatable bonds is 7. The average Bonchev–Trinajstić information content (AvgIpc) is 2.69. The Morgan fingerprint density at radius 1 is 1.10 bits per heavy atom. The number of hydrogen-bond donors (Lipinski definition) is 3. The van der Waals surface area contributed by atoms with Gasteiger partial charge in [0, 0.05) is 20.6 Å². The first-order valence-corrected chi connectivity index (χ1v) is 10.7. The van der Waals surface area contributed by atoms with Crippen LogP contribution in [0.4, 0.5) is 4.39 Å². The predicted octanol–water partition coefficient (Wildman–Crippen LogP) is 1.11. The second kappa shape index (κ2) is 10.2. The lowest BCUT2D eigenvalue weighted by molar-refractivity contribution is -0.127. The first-order chi connectivity index (χ1) is 14.1. The van der Waals surface area contributed by atoms with E-state index in [0.29, 0.717) is 18.1 Å². The molecule has 30 heavy (non-hydrogen) atoms. The van der Waals surface area contributed by atoms with Gasteiger partial charge in [-0.1, -0.05) is 24.3 Å². The number of primary sulfonamides is 1. The number of carbonyl (C=O) groups is 1. The molecule has 8 nitrogen and oxygen atoms in total. The first-order valence-electron chi connectivity index (χ1n) is 9.15. The molecule has 10 heteroatoms. The van der Waals surface area contributed by atoms with Crippen LogP contribution in [0.1, 0.15) is 16.7 Å². The second-order valence-corrected chi connectivity index (χ2v) is 8.49. The van der Waals surface area contributed by atoms with Crippen LogP contribution in [0.25, 0.3) is 0 Å². The van der Waals surface area contributed by atoms with Gasteiger partial charge in [0.25, 0.3) is 0 Å². The van der Waals surface area contributed by atoms with Gasteiger partial charge in [0.1, 0.15) is 5.82 Å². The molecule has 1 amide bonds. The van der Waals surface area contributed by atoms with E-state index in [1.807, 2.05) is 0 Å². The maximum absolute atomic E-state index is 13.4. The van der Waals surface area contributed by atoms with Crippen molar-refractivity contribution in [3.63, 3.8) is 0 Å². The molecule has 4 N–H and O–H groups in total. The lowest BCUT2D eigenvalue weighted by Gasteiger charge is -2.15. The number of aliphatic imine (C=N–C) groups is 1. The number of likely N-dealkylation sites (N-methyl/N-ethyl adjacent to an activating group) is 1. The van der Waals surface area contributed by atoms with Crippen molar-refractivity contribution < 1.29 is 17.6 Å².